The van der Waals surface area contributed by atoms with Gasteiger partial charge in [-0.1, -0.05) is 18.2 Å². The normalized spacial score (nSPS) is 19.9. The fraction of sp³-hybridized carbons (Fsp3) is 0.308. The van der Waals surface area contributed by atoms with Crippen molar-refractivity contribution in [1.82, 2.24) is 4.57 Å². The van der Waals surface area contributed by atoms with Gasteiger partial charge in [-0.25, -0.2) is 4.79 Å². The van der Waals surface area contributed by atoms with Crippen LogP contribution in [0, 0.1) is 0 Å². The summed E-state index contributed by atoms with van der Waals surface area (Å²) in [6.07, 6.45) is 2.67. The first-order chi connectivity index (χ1) is 8.27. The summed E-state index contributed by atoms with van der Waals surface area (Å²) in [6.45, 7) is 1.41. The molecular formula is C13H13NO3. The van der Waals surface area contributed by atoms with Gasteiger partial charge in [0.15, 0.2) is 0 Å². The number of hydrogen-bond donors (Lipinski definition) is 1. The summed E-state index contributed by atoms with van der Waals surface area (Å²) in [7, 11) is 0. The van der Waals surface area contributed by atoms with Gasteiger partial charge in [0.1, 0.15) is 0 Å². The van der Waals surface area contributed by atoms with Crippen LogP contribution in [0.1, 0.15) is 22.8 Å². The lowest BCUT2D eigenvalue weighted by Gasteiger charge is -2.11. The third kappa shape index (κ3) is 1.61. The summed E-state index contributed by atoms with van der Waals surface area (Å²) in [4.78, 5) is 11.2. The SMILES string of the molecule is O=C(O)c1cn(C2CCOC2)c2ccccc12. The largest absolute Gasteiger partial charge is 0.478 e. The number of aromatic nitrogens is 1. The van der Waals surface area contributed by atoms with Gasteiger partial charge in [0.05, 0.1) is 18.2 Å². The Kier molecular flexibility index (Phi) is 2.37. The minimum Gasteiger partial charge on any atom is -0.478 e. The van der Waals surface area contributed by atoms with E-state index in [9.17, 15) is 9.90 Å². The van der Waals surface area contributed by atoms with E-state index in [0.29, 0.717) is 12.2 Å². The average Bonchev–Trinajstić information content (AvgIpc) is 2.95. The van der Waals surface area contributed by atoms with Crippen LogP contribution in [0.15, 0.2) is 30.5 Å². The van der Waals surface area contributed by atoms with Crippen molar-refractivity contribution in [3.8, 4) is 0 Å². The van der Waals surface area contributed by atoms with Crippen LogP contribution in [0.2, 0.25) is 0 Å². The molecule has 3 rings (SSSR count). The van der Waals surface area contributed by atoms with Crippen molar-refractivity contribution in [1.29, 1.82) is 0 Å². The van der Waals surface area contributed by atoms with Gasteiger partial charge in [-0.05, 0) is 12.5 Å². The second-order valence-corrected chi connectivity index (χ2v) is 4.29. The zero-order valence-corrected chi connectivity index (χ0v) is 9.30. The molecule has 0 radical (unpaired) electrons. The number of rotatable bonds is 2. The van der Waals surface area contributed by atoms with Gasteiger partial charge >= 0.3 is 5.97 Å². The Bertz CT molecular complexity index is 567. The van der Waals surface area contributed by atoms with Crippen molar-refractivity contribution in [3.05, 3.63) is 36.0 Å². The Labute approximate surface area is 98.4 Å². The molecule has 2 heterocycles. The number of benzene rings is 1. The van der Waals surface area contributed by atoms with Crippen LogP contribution in [-0.2, 0) is 4.74 Å². The molecule has 1 aliphatic rings. The van der Waals surface area contributed by atoms with E-state index in [0.717, 1.165) is 23.9 Å². The van der Waals surface area contributed by atoms with Gasteiger partial charge in [0.2, 0.25) is 0 Å². The molecule has 0 saturated carbocycles. The summed E-state index contributed by atoms with van der Waals surface area (Å²) >= 11 is 0. The Morgan fingerprint density at radius 3 is 2.94 bits per heavy atom. The smallest absolute Gasteiger partial charge is 0.337 e. The third-order valence-electron chi connectivity index (χ3n) is 3.27. The van der Waals surface area contributed by atoms with E-state index in [2.05, 4.69) is 0 Å². The van der Waals surface area contributed by atoms with Gasteiger partial charge in [-0.3, -0.25) is 0 Å². The fourth-order valence-corrected chi connectivity index (χ4v) is 2.42. The van der Waals surface area contributed by atoms with E-state index < -0.39 is 5.97 Å². The molecule has 1 fully saturated rings. The summed E-state index contributed by atoms with van der Waals surface area (Å²) in [5, 5.41) is 9.99. The highest BCUT2D eigenvalue weighted by atomic mass is 16.5. The second kappa shape index (κ2) is 3.89. The summed E-state index contributed by atoms with van der Waals surface area (Å²) in [5.74, 6) is -0.876. The van der Waals surface area contributed by atoms with Crippen LogP contribution in [0.25, 0.3) is 10.9 Å². The van der Waals surface area contributed by atoms with E-state index in [-0.39, 0.29) is 6.04 Å². The van der Waals surface area contributed by atoms with Crippen molar-refractivity contribution in [2.75, 3.05) is 13.2 Å². The highest BCUT2D eigenvalue weighted by Gasteiger charge is 2.22. The number of nitrogens with zero attached hydrogens (tertiary/aromatic N) is 1. The standard InChI is InChI=1S/C13H13NO3/c15-13(16)11-7-14(9-5-6-17-8-9)12-4-2-1-3-10(11)12/h1-4,7,9H,5-6,8H2,(H,15,16). The molecule has 17 heavy (non-hydrogen) atoms. The first-order valence-electron chi connectivity index (χ1n) is 5.68. The van der Waals surface area contributed by atoms with E-state index in [1.807, 2.05) is 28.8 Å². The topological polar surface area (TPSA) is 51.5 Å². The third-order valence-corrected chi connectivity index (χ3v) is 3.27. The maximum Gasteiger partial charge on any atom is 0.337 e. The number of hydrogen-bond acceptors (Lipinski definition) is 2. The summed E-state index contributed by atoms with van der Waals surface area (Å²) < 4.78 is 7.40. The first kappa shape index (κ1) is 10.4. The molecule has 4 heteroatoms. The summed E-state index contributed by atoms with van der Waals surface area (Å²) in [5.41, 5.74) is 1.34. The number of carboxylic acids is 1. The van der Waals surface area contributed by atoms with Crippen LogP contribution >= 0.6 is 0 Å². The first-order valence-corrected chi connectivity index (χ1v) is 5.68. The van der Waals surface area contributed by atoms with Gasteiger partial charge in [0.25, 0.3) is 0 Å². The molecule has 1 unspecified atom stereocenters. The quantitative estimate of drug-likeness (QED) is 0.862. The van der Waals surface area contributed by atoms with Crippen LogP contribution in [0.3, 0.4) is 0 Å². The number of carboxylic acid groups (broad SMARTS) is 1. The molecule has 1 aromatic heterocycles. The molecule has 1 aromatic carbocycles. The van der Waals surface area contributed by atoms with Gasteiger partial charge in [-0.15, -0.1) is 0 Å². The number of aromatic carboxylic acids is 1. The monoisotopic (exact) mass is 231 g/mol. The molecule has 88 valence electrons. The lowest BCUT2D eigenvalue weighted by molar-refractivity contribution is 0.0698. The molecule has 0 bridgehead atoms. The summed E-state index contributed by atoms with van der Waals surface area (Å²) in [6, 6.07) is 7.86. The number of para-hydroxylation sites is 1. The average molecular weight is 231 g/mol. The Morgan fingerprint density at radius 2 is 2.24 bits per heavy atom. The van der Waals surface area contributed by atoms with Crippen molar-refractivity contribution >= 4 is 16.9 Å². The highest BCUT2D eigenvalue weighted by Crippen LogP contribution is 2.28. The lowest BCUT2D eigenvalue weighted by atomic mass is 10.2. The zero-order valence-electron chi connectivity index (χ0n) is 9.30. The van der Waals surface area contributed by atoms with Crippen molar-refractivity contribution in [2.24, 2.45) is 0 Å². The van der Waals surface area contributed by atoms with E-state index in [1.54, 1.807) is 6.20 Å². The van der Waals surface area contributed by atoms with Crippen molar-refractivity contribution < 1.29 is 14.6 Å². The molecule has 0 spiro atoms. The minimum absolute atomic E-state index is 0.257. The number of carbonyl (C=O) groups is 1. The predicted octanol–water partition coefficient (Wildman–Crippen LogP) is 2.30. The molecule has 1 atom stereocenters. The zero-order chi connectivity index (χ0) is 11.8. The maximum absolute atomic E-state index is 11.2. The van der Waals surface area contributed by atoms with Crippen molar-refractivity contribution in [3.63, 3.8) is 0 Å². The van der Waals surface area contributed by atoms with Gasteiger partial charge < -0.3 is 14.4 Å². The molecule has 1 N–H and O–H groups in total. The van der Waals surface area contributed by atoms with E-state index in [1.165, 1.54) is 0 Å². The number of ether oxygens (including phenoxy) is 1. The number of fused-ring (bicyclic) bond motifs is 1. The molecule has 1 aliphatic heterocycles. The molecular weight excluding hydrogens is 218 g/mol. The molecule has 0 aliphatic carbocycles. The van der Waals surface area contributed by atoms with Crippen molar-refractivity contribution in [2.45, 2.75) is 12.5 Å². The Morgan fingerprint density at radius 1 is 1.41 bits per heavy atom. The van der Waals surface area contributed by atoms with Crippen LogP contribution < -0.4 is 0 Å². The lowest BCUT2D eigenvalue weighted by Crippen LogP contribution is -2.07. The molecule has 4 nitrogen and oxygen atoms in total. The van der Waals surface area contributed by atoms with Crippen LogP contribution in [0.4, 0.5) is 0 Å². The predicted molar refractivity (Wildman–Crippen MR) is 63.4 cm³/mol. The van der Waals surface area contributed by atoms with Crippen LogP contribution in [0.5, 0.6) is 0 Å². The fourth-order valence-electron chi connectivity index (χ4n) is 2.42. The molecule has 2 aromatic rings. The van der Waals surface area contributed by atoms with Crippen LogP contribution in [-0.4, -0.2) is 28.9 Å². The molecule has 0 amide bonds. The van der Waals surface area contributed by atoms with Gasteiger partial charge in [0, 0.05) is 23.7 Å². The van der Waals surface area contributed by atoms with E-state index in [4.69, 9.17) is 4.74 Å². The second-order valence-electron chi connectivity index (χ2n) is 4.29. The molecule has 1 saturated heterocycles. The highest BCUT2D eigenvalue weighted by molar-refractivity contribution is 6.03. The maximum atomic E-state index is 11.2. The van der Waals surface area contributed by atoms with E-state index >= 15 is 0 Å². The Balaban J connectivity index is 2.20. The minimum atomic E-state index is -0.876. The van der Waals surface area contributed by atoms with Gasteiger partial charge in [-0.2, -0.15) is 0 Å². The Hall–Kier alpha value is -1.81.